The second-order valence-corrected chi connectivity index (χ2v) is 4.71. The van der Waals surface area contributed by atoms with Crippen LogP contribution < -0.4 is 5.32 Å². The van der Waals surface area contributed by atoms with Gasteiger partial charge in [-0.15, -0.1) is 6.42 Å². The molecule has 0 radical (unpaired) electrons. The van der Waals surface area contributed by atoms with Crippen LogP contribution in [0.25, 0.3) is 0 Å². The predicted molar refractivity (Wildman–Crippen MR) is 67.9 cm³/mol. The van der Waals surface area contributed by atoms with E-state index in [1.165, 1.54) is 0 Å². The highest BCUT2D eigenvalue weighted by molar-refractivity contribution is 5.80. The molecule has 18 heavy (non-hydrogen) atoms. The maximum atomic E-state index is 11.8. The van der Waals surface area contributed by atoms with Gasteiger partial charge in [0.1, 0.15) is 5.54 Å². The van der Waals surface area contributed by atoms with Crippen molar-refractivity contribution in [3.05, 3.63) is 0 Å². The molecular formula is C13H20N2O3. The normalized spacial score (nSPS) is 16.7. The largest absolute Gasteiger partial charge is 0.481 e. The van der Waals surface area contributed by atoms with Gasteiger partial charge in [-0.2, -0.15) is 0 Å². The molecule has 1 fully saturated rings. The maximum absolute atomic E-state index is 11.8. The van der Waals surface area contributed by atoms with E-state index in [0.29, 0.717) is 25.9 Å². The van der Waals surface area contributed by atoms with Crippen molar-refractivity contribution in [2.45, 2.75) is 32.2 Å². The number of carbonyl (C=O) groups excluding carboxylic acids is 1. The van der Waals surface area contributed by atoms with Gasteiger partial charge in [-0.05, 0) is 12.8 Å². The monoisotopic (exact) mass is 252 g/mol. The molecule has 1 heterocycles. The number of rotatable bonds is 6. The molecule has 1 rings (SSSR count). The summed E-state index contributed by atoms with van der Waals surface area (Å²) in [6.45, 7) is 4.96. The zero-order valence-corrected chi connectivity index (χ0v) is 10.9. The maximum Gasteiger partial charge on any atom is 0.309 e. The Balaban J connectivity index is 2.39. The first-order valence-electron chi connectivity index (χ1n) is 6.20. The summed E-state index contributed by atoms with van der Waals surface area (Å²) in [7, 11) is 0. The third-order valence-corrected chi connectivity index (χ3v) is 3.54. The summed E-state index contributed by atoms with van der Waals surface area (Å²) in [6.07, 6.45) is 6.83. The standard InChI is InChI=1S/C13H20N2O3/c1-4-13(5-2,6-3)14-11(16)9-15-7-10(8-15)12(17)18/h1,10H,5-9H2,2-3H3,(H,14,16)(H,17,18). The molecule has 0 aliphatic carbocycles. The summed E-state index contributed by atoms with van der Waals surface area (Å²) in [6, 6.07) is 0. The second-order valence-electron chi connectivity index (χ2n) is 4.71. The molecular weight excluding hydrogens is 232 g/mol. The molecule has 0 unspecified atom stereocenters. The number of carboxylic acid groups (broad SMARTS) is 1. The van der Waals surface area contributed by atoms with Crippen molar-refractivity contribution < 1.29 is 14.7 Å². The minimum atomic E-state index is -0.799. The van der Waals surface area contributed by atoms with Crippen LogP contribution in [-0.4, -0.2) is 47.1 Å². The molecule has 0 aromatic heterocycles. The van der Waals surface area contributed by atoms with E-state index < -0.39 is 11.5 Å². The zero-order chi connectivity index (χ0) is 13.8. The molecule has 0 aromatic rings. The summed E-state index contributed by atoms with van der Waals surface area (Å²) < 4.78 is 0. The smallest absolute Gasteiger partial charge is 0.309 e. The molecule has 5 heteroatoms. The number of terminal acetylenes is 1. The van der Waals surface area contributed by atoms with Crippen LogP contribution in [0.5, 0.6) is 0 Å². The molecule has 1 saturated heterocycles. The molecule has 0 spiro atoms. The lowest BCUT2D eigenvalue weighted by Crippen LogP contribution is -2.56. The fourth-order valence-electron chi connectivity index (χ4n) is 2.03. The van der Waals surface area contributed by atoms with Crippen LogP contribution in [0.3, 0.4) is 0 Å². The third kappa shape index (κ3) is 3.23. The van der Waals surface area contributed by atoms with Crippen LogP contribution in [-0.2, 0) is 9.59 Å². The Hall–Kier alpha value is -1.54. The van der Waals surface area contributed by atoms with Gasteiger partial charge in [-0.1, -0.05) is 19.8 Å². The summed E-state index contributed by atoms with van der Waals surface area (Å²) in [5, 5.41) is 11.6. The Morgan fingerprint density at radius 3 is 2.39 bits per heavy atom. The average molecular weight is 252 g/mol. The Morgan fingerprint density at radius 1 is 1.44 bits per heavy atom. The van der Waals surface area contributed by atoms with Crippen molar-refractivity contribution in [2.75, 3.05) is 19.6 Å². The van der Waals surface area contributed by atoms with Gasteiger partial charge in [0.25, 0.3) is 0 Å². The number of amides is 1. The van der Waals surface area contributed by atoms with E-state index in [4.69, 9.17) is 11.5 Å². The molecule has 1 amide bonds. The van der Waals surface area contributed by atoms with E-state index in [-0.39, 0.29) is 18.4 Å². The predicted octanol–water partition coefficient (Wildman–Crippen LogP) is 0.311. The van der Waals surface area contributed by atoms with Crippen molar-refractivity contribution in [3.63, 3.8) is 0 Å². The van der Waals surface area contributed by atoms with Gasteiger partial charge in [0.05, 0.1) is 12.5 Å². The zero-order valence-electron chi connectivity index (χ0n) is 10.9. The summed E-state index contributed by atoms with van der Waals surface area (Å²) >= 11 is 0. The Labute approximate surface area is 108 Å². The Kier molecular flexibility index (Phi) is 4.74. The lowest BCUT2D eigenvalue weighted by molar-refractivity contribution is -0.148. The van der Waals surface area contributed by atoms with Crippen LogP contribution in [0.2, 0.25) is 0 Å². The molecule has 1 aliphatic heterocycles. The van der Waals surface area contributed by atoms with Gasteiger partial charge in [0.15, 0.2) is 0 Å². The quantitative estimate of drug-likeness (QED) is 0.668. The van der Waals surface area contributed by atoms with Gasteiger partial charge < -0.3 is 10.4 Å². The Bertz CT molecular complexity index is 363. The summed E-state index contributed by atoms with van der Waals surface area (Å²) in [5.74, 6) is 1.36. The molecule has 0 bridgehead atoms. The SMILES string of the molecule is C#CC(CC)(CC)NC(=O)CN1CC(C(=O)O)C1. The molecule has 0 atom stereocenters. The van der Waals surface area contributed by atoms with Crippen LogP contribution in [0.15, 0.2) is 0 Å². The molecule has 100 valence electrons. The minimum absolute atomic E-state index is 0.138. The van der Waals surface area contributed by atoms with Crippen LogP contribution in [0.1, 0.15) is 26.7 Å². The van der Waals surface area contributed by atoms with Crippen LogP contribution >= 0.6 is 0 Å². The first-order chi connectivity index (χ1) is 8.46. The highest BCUT2D eigenvalue weighted by Gasteiger charge is 2.34. The van der Waals surface area contributed by atoms with E-state index in [1.807, 2.05) is 13.8 Å². The molecule has 1 aliphatic rings. The van der Waals surface area contributed by atoms with Gasteiger partial charge in [-0.25, -0.2) is 0 Å². The van der Waals surface area contributed by atoms with Crippen molar-refractivity contribution >= 4 is 11.9 Å². The van der Waals surface area contributed by atoms with Crippen molar-refractivity contribution in [1.29, 1.82) is 0 Å². The lowest BCUT2D eigenvalue weighted by atomic mass is 9.93. The summed E-state index contributed by atoms with van der Waals surface area (Å²) in [4.78, 5) is 24.3. The van der Waals surface area contributed by atoms with Crippen molar-refractivity contribution in [1.82, 2.24) is 10.2 Å². The van der Waals surface area contributed by atoms with E-state index in [0.717, 1.165) is 0 Å². The van der Waals surface area contributed by atoms with Gasteiger partial charge in [0, 0.05) is 13.1 Å². The second kappa shape index (κ2) is 5.87. The van der Waals surface area contributed by atoms with Crippen molar-refractivity contribution in [2.24, 2.45) is 5.92 Å². The number of nitrogens with one attached hydrogen (secondary N) is 1. The third-order valence-electron chi connectivity index (χ3n) is 3.54. The minimum Gasteiger partial charge on any atom is -0.481 e. The van der Waals surface area contributed by atoms with E-state index in [2.05, 4.69) is 11.2 Å². The van der Waals surface area contributed by atoms with Gasteiger partial charge in [-0.3, -0.25) is 14.5 Å². The summed E-state index contributed by atoms with van der Waals surface area (Å²) in [5.41, 5.74) is -0.575. The molecule has 0 aromatic carbocycles. The van der Waals surface area contributed by atoms with E-state index in [9.17, 15) is 9.59 Å². The van der Waals surface area contributed by atoms with Gasteiger partial charge in [0.2, 0.25) is 5.91 Å². The lowest BCUT2D eigenvalue weighted by Gasteiger charge is -2.37. The number of nitrogens with zero attached hydrogens (tertiary/aromatic N) is 1. The van der Waals surface area contributed by atoms with Crippen LogP contribution in [0, 0.1) is 18.3 Å². The number of hydrogen-bond donors (Lipinski definition) is 2. The topological polar surface area (TPSA) is 69.6 Å². The Morgan fingerprint density at radius 2 is 2.00 bits per heavy atom. The number of hydrogen-bond acceptors (Lipinski definition) is 3. The van der Waals surface area contributed by atoms with Crippen LogP contribution in [0.4, 0.5) is 0 Å². The highest BCUT2D eigenvalue weighted by Crippen LogP contribution is 2.16. The highest BCUT2D eigenvalue weighted by atomic mass is 16.4. The number of carboxylic acids is 1. The average Bonchev–Trinajstić information content (AvgIpc) is 2.30. The first-order valence-corrected chi connectivity index (χ1v) is 6.20. The first kappa shape index (κ1) is 14.5. The van der Waals surface area contributed by atoms with E-state index >= 15 is 0 Å². The number of aliphatic carboxylic acids is 1. The molecule has 0 saturated carbocycles. The number of carbonyl (C=O) groups is 2. The molecule has 5 nitrogen and oxygen atoms in total. The van der Waals surface area contributed by atoms with Gasteiger partial charge >= 0.3 is 5.97 Å². The van der Waals surface area contributed by atoms with Crippen molar-refractivity contribution in [3.8, 4) is 12.3 Å². The number of likely N-dealkylation sites (tertiary alicyclic amines) is 1. The fraction of sp³-hybridized carbons (Fsp3) is 0.692. The van der Waals surface area contributed by atoms with E-state index in [1.54, 1.807) is 4.90 Å². The fourth-order valence-corrected chi connectivity index (χ4v) is 2.03. The molecule has 2 N–H and O–H groups in total.